The lowest BCUT2D eigenvalue weighted by Crippen LogP contribution is -2.38. The molecule has 0 aliphatic rings. The van der Waals surface area contributed by atoms with Crippen LogP contribution in [0.15, 0.2) is 48.5 Å². The van der Waals surface area contributed by atoms with Crippen LogP contribution in [0.5, 0.6) is 11.5 Å². The summed E-state index contributed by atoms with van der Waals surface area (Å²) in [7, 11) is 0. The summed E-state index contributed by atoms with van der Waals surface area (Å²) >= 11 is 1.24. The predicted molar refractivity (Wildman–Crippen MR) is 106 cm³/mol. The smallest absolute Gasteiger partial charge is 0.245 e. The standard InChI is InChI=1S/C19H25N3O4S/c1-3-14-27-22(25)21(13-12-19(23)20-24)16-6-10-18(11-7-16)26-17-8-4-15(2)5-9-17/h4-11,24-25H,3,12-14H2,1-2H3,(H,20,23). The SMILES string of the molecule is CCCSN(O)N(CCC(=O)NO)c1ccc(Oc2ccc(C)cc2)cc1. The van der Waals surface area contributed by atoms with Gasteiger partial charge in [0.2, 0.25) is 5.91 Å². The van der Waals surface area contributed by atoms with E-state index in [2.05, 4.69) is 0 Å². The van der Waals surface area contributed by atoms with Gasteiger partial charge in [0.05, 0.1) is 5.69 Å². The predicted octanol–water partition coefficient (Wildman–Crippen LogP) is 4.15. The largest absolute Gasteiger partial charge is 0.457 e. The molecule has 146 valence electrons. The van der Waals surface area contributed by atoms with E-state index in [1.165, 1.54) is 11.9 Å². The zero-order chi connectivity index (χ0) is 19.6. The van der Waals surface area contributed by atoms with Crippen LogP contribution in [0.3, 0.4) is 0 Å². The van der Waals surface area contributed by atoms with E-state index in [0.29, 0.717) is 11.4 Å². The lowest BCUT2D eigenvalue weighted by molar-refractivity contribution is -0.129. The van der Waals surface area contributed by atoms with E-state index in [9.17, 15) is 10.0 Å². The van der Waals surface area contributed by atoms with E-state index < -0.39 is 5.91 Å². The van der Waals surface area contributed by atoms with Crippen molar-refractivity contribution in [2.45, 2.75) is 26.7 Å². The molecule has 2 aromatic rings. The van der Waals surface area contributed by atoms with Crippen molar-refractivity contribution < 1.29 is 19.9 Å². The van der Waals surface area contributed by atoms with Gasteiger partial charge in [-0.25, -0.2) is 5.48 Å². The van der Waals surface area contributed by atoms with Crippen LogP contribution in [-0.4, -0.2) is 33.2 Å². The molecule has 0 atom stereocenters. The van der Waals surface area contributed by atoms with Gasteiger partial charge in [0.25, 0.3) is 0 Å². The third-order valence-electron chi connectivity index (χ3n) is 3.68. The number of aryl methyl sites for hydroxylation is 1. The maximum atomic E-state index is 11.4. The maximum Gasteiger partial charge on any atom is 0.245 e. The van der Waals surface area contributed by atoms with Crippen LogP contribution in [0.2, 0.25) is 0 Å². The minimum atomic E-state index is -0.520. The van der Waals surface area contributed by atoms with Gasteiger partial charge in [-0.05, 0) is 66.3 Å². The number of hydroxylamine groups is 1. The van der Waals surface area contributed by atoms with Crippen LogP contribution < -0.4 is 15.2 Å². The van der Waals surface area contributed by atoms with Gasteiger partial charge in [-0.3, -0.25) is 20.2 Å². The van der Waals surface area contributed by atoms with Crippen molar-refractivity contribution in [1.82, 2.24) is 10.1 Å². The molecule has 0 fully saturated rings. The average molecular weight is 391 g/mol. The first-order valence-electron chi connectivity index (χ1n) is 8.70. The number of benzene rings is 2. The second kappa shape index (κ2) is 10.8. The Kier molecular flexibility index (Phi) is 8.41. The van der Waals surface area contributed by atoms with E-state index in [1.807, 2.05) is 38.1 Å². The van der Waals surface area contributed by atoms with Crippen molar-refractivity contribution in [3.8, 4) is 11.5 Å². The molecule has 0 aliphatic carbocycles. The quantitative estimate of drug-likeness (QED) is 0.319. The van der Waals surface area contributed by atoms with Crippen LogP contribution >= 0.6 is 11.9 Å². The molecule has 2 aromatic carbocycles. The fourth-order valence-electron chi connectivity index (χ4n) is 2.25. The van der Waals surface area contributed by atoms with Gasteiger partial charge in [0.1, 0.15) is 11.5 Å². The molecule has 8 heteroatoms. The summed E-state index contributed by atoms with van der Waals surface area (Å²) in [5, 5.41) is 20.5. The molecule has 1 amide bonds. The lowest BCUT2D eigenvalue weighted by atomic mass is 10.2. The van der Waals surface area contributed by atoms with E-state index >= 15 is 0 Å². The Hall–Kier alpha value is -2.26. The second-order valence-corrected chi connectivity index (χ2v) is 6.90. The van der Waals surface area contributed by atoms with Gasteiger partial charge in [-0.2, -0.15) is 0 Å². The van der Waals surface area contributed by atoms with Crippen LogP contribution in [0.1, 0.15) is 25.3 Å². The fraction of sp³-hybridized carbons (Fsp3) is 0.316. The molecule has 0 radical (unpaired) electrons. The third kappa shape index (κ3) is 6.76. The molecule has 0 aliphatic heterocycles. The zero-order valence-electron chi connectivity index (χ0n) is 15.5. The summed E-state index contributed by atoms with van der Waals surface area (Å²) in [5.41, 5.74) is 3.46. The summed E-state index contributed by atoms with van der Waals surface area (Å²) in [6.07, 6.45) is 0.928. The monoisotopic (exact) mass is 391 g/mol. The first kappa shape index (κ1) is 21.0. The molecule has 0 saturated carbocycles. The molecule has 7 nitrogen and oxygen atoms in total. The molecule has 2 rings (SSSR count). The highest BCUT2D eigenvalue weighted by molar-refractivity contribution is 7.96. The Morgan fingerprint density at radius 3 is 2.26 bits per heavy atom. The number of ether oxygens (including phenoxy) is 1. The number of amides is 1. The van der Waals surface area contributed by atoms with Gasteiger partial charge in [0, 0.05) is 18.7 Å². The Balaban J connectivity index is 2.09. The molecular weight excluding hydrogens is 366 g/mol. The van der Waals surface area contributed by atoms with Crippen molar-refractivity contribution >= 4 is 23.5 Å². The molecule has 0 saturated heterocycles. The summed E-state index contributed by atoms with van der Waals surface area (Å²) in [5.74, 6) is 1.62. The van der Waals surface area contributed by atoms with Gasteiger partial charge in [0.15, 0.2) is 0 Å². The van der Waals surface area contributed by atoms with E-state index in [4.69, 9.17) is 9.94 Å². The van der Waals surface area contributed by atoms with Crippen molar-refractivity contribution in [3.63, 3.8) is 0 Å². The summed E-state index contributed by atoms with van der Waals surface area (Å²) < 4.78 is 6.83. The number of rotatable bonds is 10. The number of carbonyl (C=O) groups excluding carboxylic acids is 1. The van der Waals surface area contributed by atoms with Gasteiger partial charge in [-0.1, -0.05) is 24.6 Å². The summed E-state index contributed by atoms with van der Waals surface area (Å²) in [6.45, 7) is 4.24. The zero-order valence-corrected chi connectivity index (χ0v) is 16.3. The minimum Gasteiger partial charge on any atom is -0.457 e. The number of carbonyl (C=O) groups is 1. The van der Waals surface area contributed by atoms with E-state index in [1.54, 1.807) is 34.8 Å². The van der Waals surface area contributed by atoms with Crippen LogP contribution in [0.4, 0.5) is 5.69 Å². The normalized spacial score (nSPS) is 10.7. The molecule has 0 heterocycles. The Bertz CT molecular complexity index is 710. The number of nitrogens with one attached hydrogen (secondary N) is 1. The number of hydrogen-bond donors (Lipinski definition) is 3. The third-order valence-corrected chi connectivity index (χ3v) is 4.70. The first-order chi connectivity index (χ1) is 13.0. The molecule has 0 unspecified atom stereocenters. The molecule has 3 N–H and O–H groups in total. The minimum absolute atomic E-state index is 0.0296. The fourth-order valence-corrected chi connectivity index (χ4v) is 2.91. The highest BCUT2D eigenvalue weighted by atomic mass is 32.2. The Labute approximate surface area is 163 Å². The number of hydrogen-bond acceptors (Lipinski definition) is 7. The number of hydrazine groups is 1. The topological polar surface area (TPSA) is 85.3 Å². The Morgan fingerprint density at radius 2 is 1.70 bits per heavy atom. The average Bonchev–Trinajstić information content (AvgIpc) is 2.69. The van der Waals surface area contributed by atoms with Crippen molar-refractivity contribution in [3.05, 3.63) is 54.1 Å². The molecular formula is C19H25N3O4S. The van der Waals surface area contributed by atoms with Gasteiger partial charge < -0.3 is 4.74 Å². The second-order valence-electron chi connectivity index (χ2n) is 5.90. The lowest BCUT2D eigenvalue weighted by Gasteiger charge is -2.30. The molecule has 0 aromatic heterocycles. The number of anilines is 1. The Morgan fingerprint density at radius 1 is 1.11 bits per heavy atom. The van der Waals surface area contributed by atoms with Crippen LogP contribution in [-0.2, 0) is 4.79 Å². The molecule has 27 heavy (non-hydrogen) atoms. The maximum absolute atomic E-state index is 11.4. The molecule has 0 spiro atoms. The van der Waals surface area contributed by atoms with Crippen LogP contribution in [0, 0.1) is 6.92 Å². The van der Waals surface area contributed by atoms with E-state index in [0.717, 1.165) is 28.1 Å². The van der Waals surface area contributed by atoms with E-state index in [-0.39, 0.29) is 13.0 Å². The van der Waals surface area contributed by atoms with Gasteiger partial charge >= 0.3 is 0 Å². The van der Waals surface area contributed by atoms with Crippen molar-refractivity contribution in [1.29, 1.82) is 0 Å². The highest BCUT2D eigenvalue weighted by Gasteiger charge is 2.16. The summed E-state index contributed by atoms with van der Waals surface area (Å²) in [6, 6.07) is 15.0. The van der Waals surface area contributed by atoms with Crippen LogP contribution in [0.25, 0.3) is 0 Å². The first-order valence-corrected chi connectivity index (χ1v) is 9.64. The summed E-state index contributed by atoms with van der Waals surface area (Å²) in [4.78, 5) is 11.4. The highest BCUT2D eigenvalue weighted by Crippen LogP contribution is 2.27. The molecule has 0 bridgehead atoms. The number of nitrogens with zero attached hydrogens (tertiary/aromatic N) is 2. The van der Waals surface area contributed by atoms with Crippen molar-refractivity contribution in [2.24, 2.45) is 0 Å². The van der Waals surface area contributed by atoms with Crippen molar-refractivity contribution in [2.75, 3.05) is 17.3 Å². The van der Waals surface area contributed by atoms with Gasteiger partial charge in [-0.15, -0.1) is 0 Å².